The molecular formula is C12H20O2. The van der Waals surface area contributed by atoms with Crippen LogP contribution in [0.1, 0.15) is 47.0 Å². The van der Waals surface area contributed by atoms with E-state index in [4.69, 9.17) is 0 Å². The number of hydrogen-bond acceptors (Lipinski definition) is 2. The van der Waals surface area contributed by atoms with Crippen molar-refractivity contribution in [3.8, 4) is 0 Å². The van der Waals surface area contributed by atoms with E-state index in [0.29, 0.717) is 12.3 Å². The van der Waals surface area contributed by atoms with Gasteiger partial charge in [-0.1, -0.05) is 20.8 Å². The van der Waals surface area contributed by atoms with Crippen LogP contribution in [0.4, 0.5) is 0 Å². The lowest BCUT2D eigenvalue weighted by atomic mass is 9.63. The van der Waals surface area contributed by atoms with Gasteiger partial charge in [0, 0.05) is 5.41 Å². The van der Waals surface area contributed by atoms with Gasteiger partial charge in [0.1, 0.15) is 5.60 Å². The van der Waals surface area contributed by atoms with Crippen LogP contribution in [0, 0.1) is 16.7 Å². The minimum atomic E-state index is -1.06. The highest BCUT2D eigenvalue weighted by atomic mass is 16.3. The average Bonchev–Trinajstić information content (AvgIpc) is 2.36. The van der Waals surface area contributed by atoms with Crippen molar-refractivity contribution in [2.24, 2.45) is 16.7 Å². The first kappa shape index (κ1) is 10.2. The van der Waals surface area contributed by atoms with Gasteiger partial charge in [-0.25, -0.2) is 0 Å². The van der Waals surface area contributed by atoms with E-state index in [9.17, 15) is 9.90 Å². The second-order valence-corrected chi connectivity index (χ2v) is 5.91. The Morgan fingerprint density at radius 3 is 2.14 bits per heavy atom. The van der Waals surface area contributed by atoms with Gasteiger partial charge < -0.3 is 5.11 Å². The van der Waals surface area contributed by atoms with Crippen LogP contribution in [0.2, 0.25) is 0 Å². The van der Waals surface area contributed by atoms with Gasteiger partial charge in [0.15, 0.2) is 5.78 Å². The van der Waals surface area contributed by atoms with Gasteiger partial charge >= 0.3 is 0 Å². The monoisotopic (exact) mass is 196 g/mol. The van der Waals surface area contributed by atoms with Gasteiger partial charge in [-0.3, -0.25) is 4.79 Å². The second kappa shape index (κ2) is 2.41. The first-order valence-electron chi connectivity index (χ1n) is 5.49. The molecule has 2 aliphatic rings. The largest absolute Gasteiger partial charge is 0.381 e. The summed E-state index contributed by atoms with van der Waals surface area (Å²) in [6.45, 7) is 8.01. The summed E-state index contributed by atoms with van der Waals surface area (Å²) >= 11 is 0. The molecular weight excluding hydrogens is 176 g/mol. The van der Waals surface area contributed by atoms with E-state index < -0.39 is 5.60 Å². The molecule has 80 valence electrons. The molecule has 0 aliphatic heterocycles. The molecule has 3 atom stereocenters. The molecule has 2 nitrogen and oxygen atoms in total. The van der Waals surface area contributed by atoms with Crippen LogP contribution in [0.15, 0.2) is 0 Å². The van der Waals surface area contributed by atoms with E-state index in [1.807, 2.05) is 0 Å². The number of Topliss-reactive ketones (excluding diaryl/α,β-unsaturated/α-hetero) is 1. The Bertz CT molecular complexity index is 295. The number of fused-ring (bicyclic) bond motifs is 2. The maximum atomic E-state index is 11.6. The van der Waals surface area contributed by atoms with Crippen LogP contribution < -0.4 is 0 Å². The molecule has 0 heterocycles. The highest BCUT2D eigenvalue weighted by Crippen LogP contribution is 2.69. The number of carbonyl (C=O) groups excluding carboxylic acids is 1. The van der Waals surface area contributed by atoms with Crippen LogP contribution >= 0.6 is 0 Å². The molecule has 2 aliphatic carbocycles. The third kappa shape index (κ3) is 0.796. The molecule has 0 aromatic carbocycles. The summed E-state index contributed by atoms with van der Waals surface area (Å²) in [5.74, 6) is 0.469. The van der Waals surface area contributed by atoms with Crippen LogP contribution in [0.5, 0.6) is 0 Å². The Balaban J connectivity index is 2.50. The third-order valence-corrected chi connectivity index (χ3v) is 5.47. The lowest BCUT2D eigenvalue weighted by Gasteiger charge is -2.43. The lowest BCUT2D eigenvalue weighted by molar-refractivity contribution is -0.152. The van der Waals surface area contributed by atoms with E-state index in [0.717, 1.165) is 6.42 Å². The van der Waals surface area contributed by atoms with E-state index in [1.165, 1.54) is 13.3 Å². The van der Waals surface area contributed by atoms with Crippen LogP contribution in [-0.4, -0.2) is 16.5 Å². The number of hydrogen-bond donors (Lipinski definition) is 1. The standard InChI is InChI=1S/C12H20O2/c1-8(13)12(14)7-9-5-6-11(12,4)10(9,2)3/h9,14H,5-7H2,1-4H3. The molecule has 3 unspecified atom stereocenters. The molecule has 2 rings (SSSR count). The summed E-state index contributed by atoms with van der Waals surface area (Å²) in [6.07, 6.45) is 2.83. The molecule has 0 aromatic rings. The van der Waals surface area contributed by atoms with Gasteiger partial charge in [0.25, 0.3) is 0 Å². The van der Waals surface area contributed by atoms with Crippen molar-refractivity contribution in [2.75, 3.05) is 0 Å². The zero-order valence-electron chi connectivity index (χ0n) is 9.55. The molecule has 0 amide bonds. The summed E-state index contributed by atoms with van der Waals surface area (Å²) in [6, 6.07) is 0. The molecule has 2 saturated carbocycles. The Hall–Kier alpha value is -0.370. The fraction of sp³-hybridized carbons (Fsp3) is 0.917. The molecule has 14 heavy (non-hydrogen) atoms. The van der Waals surface area contributed by atoms with Crippen LogP contribution in [0.25, 0.3) is 0 Å². The lowest BCUT2D eigenvalue weighted by Crippen LogP contribution is -2.51. The minimum Gasteiger partial charge on any atom is -0.381 e. The highest BCUT2D eigenvalue weighted by Gasteiger charge is 2.70. The van der Waals surface area contributed by atoms with E-state index in [1.54, 1.807) is 0 Å². The maximum absolute atomic E-state index is 11.6. The normalized spacial score (nSPS) is 49.6. The van der Waals surface area contributed by atoms with Crippen molar-refractivity contribution in [3.63, 3.8) is 0 Å². The fourth-order valence-electron chi connectivity index (χ4n) is 3.81. The Kier molecular flexibility index (Phi) is 1.75. The first-order chi connectivity index (χ1) is 6.26. The van der Waals surface area contributed by atoms with Crippen LogP contribution in [0.3, 0.4) is 0 Å². The van der Waals surface area contributed by atoms with Gasteiger partial charge in [0.05, 0.1) is 0 Å². The van der Waals surface area contributed by atoms with Crippen molar-refractivity contribution in [3.05, 3.63) is 0 Å². The molecule has 1 N–H and O–H groups in total. The van der Waals surface area contributed by atoms with Gasteiger partial charge in [0.2, 0.25) is 0 Å². The molecule has 2 heteroatoms. The van der Waals surface area contributed by atoms with Crippen molar-refractivity contribution in [2.45, 2.75) is 52.6 Å². The Morgan fingerprint density at radius 1 is 1.36 bits per heavy atom. The molecule has 0 saturated heterocycles. The number of rotatable bonds is 1. The maximum Gasteiger partial charge on any atom is 0.161 e. The Morgan fingerprint density at radius 2 is 1.93 bits per heavy atom. The van der Waals surface area contributed by atoms with Crippen molar-refractivity contribution in [1.82, 2.24) is 0 Å². The first-order valence-corrected chi connectivity index (χ1v) is 5.49. The molecule has 2 fully saturated rings. The highest BCUT2D eigenvalue weighted by molar-refractivity contribution is 5.86. The van der Waals surface area contributed by atoms with E-state index in [-0.39, 0.29) is 16.6 Å². The predicted molar refractivity (Wildman–Crippen MR) is 54.9 cm³/mol. The average molecular weight is 196 g/mol. The van der Waals surface area contributed by atoms with Gasteiger partial charge in [-0.05, 0) is 37.5 Å². The predicted octanol–water partition coefficient (Wildman–Crippen LogP) is 2.15. The summed E-state index contributed by atoms with van der Waals surface area (Å²) in [4.78, 5) is 11.6. The van der Waals surface area contributed by atoms with E-state index >= 15 is 0 Å². The number of ketones is 1. The Labute approximate surface area is 85.7 Å². The number of aliphatic hydroxyl groups is 1. The van der Waals surface area contributed by atoms with Crippen molar-refractivity contribution >= 4 is 5.78 Å². The third-order valence-electron chi connectivity index (χ3n) is 5.47. The smallest absolute Gasteiger partial charge is 0.161 e. The molecule has 0 aromatic heterocycles. The summed E-state index contributed by atoms with van der Waals surface area (Å²) in [7, 11) is 0. The SMILES string of the molecule is CC(=O)C1(O)CC2CCC1(C)C2(C)C. The van der Waals surface area contributed by atoms with Gasteiger partial charge in [-0.2, -0.15) is 0 Å². The summed E-state index contributed by atoms with van der Waals surface area (Å²) in [5, 5.41) is 10.5. The molecule has 0 spiro atoms. The summed E-state index contributed by atoms with van der Waals surface area (Å²) in [5.41, 5.74) is -1.16. The topological polar surface area (TPSA) is 37.3 Å². The zero-order valence-corrected chi connectivity index (χ0v) is 9.55. The summed E-state index contributed by atoms with van der Waals surface area (Å²) < 4.78 is 0. The molecule has 2 bridgehead atoms. The van der Waals surface area contributed by atoms with Crippen LogP contribution in [-0.2, 0) is 4.79 Å². The van der Waals surface area contributed by atoms with Crippen molar-refractivity contribution in [1.29, 1.82) is 0 Å². The van der Waals surface area contributed by atoms with E-state index in [2.05, 4.69) is 20.8 Å². The second-order valence-electron chi connectivity index (χ2n) is 5.91. The van der Waals surface area contributed by atoms with Crippen molar-refractivity contribution < 1.29 is 9.90 Å². The van der Waals surface area contributed by atoms with Gasteiger partial charge in [-0.15, -0.1) is 0 Å². The zero-order chi connectivity index (χ0) is 10.8. The fourth-order valence-corrected chi connectivity index (χ4v) is 3.81. The molecule has 0 radical (unpaired) electrons. The quantitative estimate of drug-likeness (QED) is 0.697. The number of carbonyl (C=O) groups is 1. The minimum absolute atomic E-state index is 0.0460.